The molecule has 1 aliphatic carbocycles. The molecule has 1 unspecified atom stereocenters. The van der Waals surface area contributed by atoms with Crippen molar-refractivity contribution in [2.45, 2.75) is 5.41 Å². The van der Waals surface area contributed by atoms with Crippen molar-refractivity contribution in [3.8, 4) is 95.0 Å². The quantitative estimate of drug-likeness (QED) is 0.125. The van der Waals surface area contributed by atoms with Gasteiger partial charge in [-0.25, -0.2) is 0 Å². The molecule has 1 N–H and O–H groups in total. The fraction of sp³-hybridized carbons (Fsp3) is 0.00870. The summed E-state index contributed by atoms with van der Waals surface area (Å²) < 4.78 is 7.29. The van der Waals surface area contributed by atoms with Crippen LogP contribution in [0.4, 0.5) is 28.4 Å². The average molecular weight is 1530 g/mol. The number of hydrogen-bond acceptors (Lipinski definition) is 2. The molecule has 0 radical (unpaired) electrons. The third kappa shape index (κ3) is 11.5. The first-order chi connectivity index (χ1) is 59.5. The van der Waals surface area contributed by atoms with Crippen LogP contribution >= 0.6 is 0 Å². The molecule has 5 nitrogen and oxygen atoms in total. The normalized spacial score (nSPS) is 13.0. The predicted molar refractivity (Wildman–Crippen MR) is 504 cm³/mol. The molecule has 2 aliphatic rings. The average Bonchev–Trinajstić information content (AvgIpc) is 1.49. The van der Waals surface area contributed by atoms with E-state index >= 15 is 0 Å². The van der Waals surface area contributed by atoms with Crippen molar-refractivity contribution in [2.75, 3.05) is 10.2 Å². The van der Waals surface area contributed by atoms with Gasteiger partial charge in [-0.3, -0.25) is 0 Å². The second-order valence-electron chi connectivity index (χ2n) is 31.5. The summed E-state index contributed by atoms with van der Waals surface area (Å²) in [5.74, 6) is 0. The molecule has 0 amide bonds. The number of anilines is 5. The highest BCUT2D eigenvalue weighted by Gasteiger charge is 2.51. The van der Waals surface area contributed by atoms with E-state index in [2.05, 4.69) is 485 Å². The maximum absolute atomic E-state index is 3.67. The molecule has 1 atom stereocenters. The molecule has 120 heavy (non-hydrogen) atoms. The van der Waals surface area contributed by atoms with Crippen LogP contribution in [-0.4, -0.2) is 13.7 Å². The van der Waals surface area contributed by atoms with Gasteiger partial charge in [-0.1, -0.05) is 352 Å². The van der Waals surface area contributed by atoms with Crippen LogP contribution in [0.1, 0.15) is 22.3 Å². The molecule has 0 fully saturated rings. The number of nitrogens with zero attached hydrogens (tertiary/aromatic N) is 4. The van der Waals surface area contributed by atoms with Crippen molar-refractivity contribution in [1.82, 2.24) is 13.7 Å². The first-order valence-corrected chi connectivity index (χ1v) is 41.4. The van der Waals surface area contributed by atoms with Crippen LogP contribution in [0.3, 0.4) is 0 Å². The van der Waals surface area contributed by atoms with E-state index in [1.807, 2.05) is 0 Å². The summed E-state index contributed by atoms with van der Waals surface area (Å²) in [6, 6.07) is 168. The Labute approximate surface area is 696 Å². The molecule has 1 aliphatic heterocycles. The zero-order valence-corrected chi connectivity index (χ0v) is 65.7. The third-order valence-corrected chi connectivity index (χ3v) is 24.9. The van der Waals surface area contributed by atoms with Crippen LogP contribution in [-0.2, 0) is 5.41 Å². The van der Waals surface area contributed by atoms with Crippen LogP contribution in [0.2, 0.25) is 0 Å². The van der Waals surface area contributed by atoms with Gasteiger partial charge in [-0.05, 0) is 198 Å². The minimum Gasteiger partial charge on any atom is -0.355 e. The molecular weight excluding hydrogens is 1450 g/mol. The lowest BCUT2D eigenvalue weighted by atomic mass is 9.65. The highest BCUT2D eigenvalue weighted by atomic mass is 15.1. The molecule has 3 aromatic heterocycles. The van der Waals surface area contributed by atoms with Gasteiger partial charge in [0.2, 0.25) is 0 Å². The van der Waals surface area contributed by atoms with Gasteiger partial charge < -0.3 is 23.9 Å². The molecule has 1 spiro atoms. The maximum Gasteiger partial charge on any atom is 0.0755 e. The van der Waals surface area contributed by atoms with E-state index < -0.39 is 5.41 Å². The minimum atomic E-state index is -0.591. The molecule has 5 heteroatoms. The lowest BCUT2D eigenvalue weighted by Crippen LogP contribution is -2.33. The fourth-order valence-electron chi connectivity index (χ4n) is 19.6. The number of para-hydroxylation sites is 9. The smallest absolute Gasteiger partial charge is 0.0755 e. The lowest BCUT2D eigenvalue weighted by Gasteiger charge is -2.40. The summed E-state index contributed by atoms with van der Waals surface area (Å²) in [5.41, 5.74) is 37.7. The molecule has 562 valence electrons. The van der Waals surface area contributed by atoms with E-state index in [1.165, 1.54) is 149 Å². The Morgan fingerprint density at radius 1 is 0.208 bits per heavy atom. The molecule has 4 heterocycles. The number of benzene rings is 19. The van der Waals surface area contributed by atoms with Gasteiger partial charge >= 0.3 is 0 Å². The molecule has 22 aromatic rings. The van der Waals surface area contributed by atoms with Crippen molar-refractivity contribution in [3.63, 3.8) is 0 Å². The number of hydrogen-bond donors (Lipinski definition) is 1. The molecule has 0 bridgehead atoms. The molecule has 0 saturated heterocycles. The number of nitrogens with one attached hydrogen (secondary N) is 1. The largest absolute Gasteiger partial charge is 0.355 e. The van der Waals surface area contributed by atoms with Crippen LogP contribution in [0.25, 0.3) is 160 Å². The standard InChI is InChI=1S/C73H47N3.C42H30N2/c1-2-18-48(19-3-1)49-36-38-51(39-37-49)56-22-5-11-31-67(56)74(53-42-40-50(41-43-53)52-20-16-21-54(46-52)75-68-32-12-6-24-59(68)60-25-7-13-33-69(60)75)55-44-45-58-57-23-4-9-28-63(57)73(66(58)47-55)64-29-10-15-35-71(64)76-70-34-14-8-26-61(70)62-27-17-30-65(73)72(62)76;1-2-11-30(12-3-1)31-21-23-33(24-22-31)37-15-4-7-18-40(37)43-35-27-25-32(26-28-35)34-13-10-14-36(29-34)44-41-19-8-5-16-38(41)39-17-6-9-20-42(39)44/h1-47H;1-29,43H. The predicted octanol–water partition coefficient (Wildman–Crippen LogP) is 30.6. The van der Waals surface area contributed by atoms with Crippen molar-refractivity contribution in [3.05, 3.63) is 483 Å². The summed E-state index contributed by atoms with van der Waals surface area (Å²) >= 11 is 0. The number of aromatic nitrogens is 3. The van der Waals surface area contributed by atoms with E-state index in [0.29, 0.717) is 0 Å². The van der Waals surface area contributed by atoms with Crippen molar-refractivity contribution in [2.24, 2.45) is 0 Å². The topological polar surface area (TPSA) is 30.1 Å². The van der Waals surface area contributed by atoms with E-state index in [0.717, 1.165) is 62.1 Å². The Kier molecular flexibility index (Phi) is 16.8. The Morgan fingerprint density at radius 3 is 1.14 bits per heavy atom. The van der Waals surface area contributed by atoms with Gasteiger partial charge in [0, 0.05) is 77.6 Å². The van der Waals surface area contributed by atoms with Gasteiger partial charge in [-0.2, -0.15) is 0 Å². The number of rotatable bonds is 13. The van der Waals surface area contributed by atoms with Crippen LogP contribution in [0.5, 0.6) is 0 Å². The second-order valence-corrected chi connectivity index (χ2v) is 31.5. The minimum absolute atomic E-state index is 0.591. The summed E-state index contributed by atoms with van der Waals surface area (Å²) in [7, 11) is 0. The molecular formula is C115H77N5. The maximum atomic E-state index is 3.67. The van der Waals surface area contributed by atoms with Crippen molar-refractivity contribution < 1.29 is 0 Å². The van der Waals surface area contributed by atoms with Crippen molar-refractivity contribution >= 4 is 93.9 Å². The number of fused-ring (bicyclic) bond motifs is 18. The van der Waals surface area contributed by atoms with Crippen molar-refractivity contribution in [1.29, 1.82) is 0 Å². The summed E-state index contributed by atoms with van der Waals surface area (Å²) in [4.78, 5) is 2.49. The molecule has 19 aromatic carbocycles. The van der Waals surface area contributed by atoms with Gasteiger partial charge in [0.05, 0.1) is 49.9 Å². The van der Waals surface area contributed by atoms with Gasteiger partial charge in [-0.15, -0.1) is 0 Å². The zero-order valence-electron chi connectivity index (χ0n) is 65.7. The summed E-state index contributed by atoms with van der Waals surface area (Å²) in [6.45, 7) is 0. The zero-order chi connectivity index (χ0) is 79.2. The third-order valence-electron chi connectivity index (χ3n) is 24.9. The van der Waals surface area contributed by atoms with Gasteiger partial charge in [0.1, 0.15) is 0 Å². The summed E-state index contributed by atoms with van der Waals surface area (Å²) in [6.07, 6.45) is 0. The highest BCUT2D eigenvalue weighted by Crippen LogP contribution is 2.62. The summed E-state index contributed by atoms with van der Waals surface area (Å²) in [5, 5.41) is 11.3. The van der Waals surface area contributed by atoms with E-state index in [1.54, 1.807) is 0 Å². The molecule has 0 saturated carbocycles. The second kappa shape index (κ2) is 28.9. The Balaban J connectivity index is 0.000000162. The fourth-order valence-corrected chi connectivity index (χ4v) is 19.6. The first-order valence-electron chi connectivity index (χ1n) is 41.4. The van der Waals surface area contributed by atoms with Crippen LogP contribution < -0.4 is 10.2 Å². The highest BCUT2D eigenvalue weighted by molar-refractivity contribution is 6.14. The van der Waals surface area contributed by atoms with Crippen LogP contribution in [0, 0.1) is 0 Å². The lowest BCUT2D eigenvalue weighted by molar-refractivity contribution is 0.748. The van der Waals surface area contributed by atoms with Gasteiger partial charge in [0.15, 0.2) is 0 Å². The Bertz CT molecular complexity index is 7610. The first kappa shape index (κ1) is 69.7. The van der Waals surface area contributed by atoms with E-state index in [9.17, 15) is 0 Å². The SMILES string of the molecule is c1ccc(-c2ccc(-c3ccccc3N(c3ccc(-c4cccc(-n5c6ccccc6c6ccccc65)c4)cc3)c3ccc4c(c3)C3(c5ccccc5-4)c4ccccc4-n4c5ccccc5c5cccc3c54)cc2)cc1.c1ccc(-c2ccc(-c3ccccc3Nc3ccc(-c4cccc(-n5c6ccccc6c6ccccc65)c4)cc3)cc2)cc1. The monoisotopic (exact) mass is 1530 g/mol. The van der Waals surface area contributed by atoms with Crippen LogP contribution in [0.15, 0.2) is 461 Å². The molecule has 24 rings (SSSR count). The van der Waals surface area contributed by atoms with Gasteiger partial charge in [0.25, 0.3) is 0 Å². The Morgan fingerprint density at radius 2 is 0.575 bits per heavy atom. The van der Waals surface area contributed by atoms with E-state index in [4.69, 9.17) is 0 Å². The van der Waals surface area contributed by atoms with E-state index in [-0.39, 0.29) is 0 Å². The Hall–Kier alpha value is -15.8.